The summed E-state index contributed by atoms with van der Waals surface area (Å²) in [4.78, 5) is 25.5. The number of nitrogens with one attached hydrogen (secondary N) is 1. The second-order valence-electron chi connectivity index (χ2n) is 10.4. The van der Waals surface area contributed by atoms with E-state index in [4.69, 9.17) is 19.3 Å². The summed E-state index contributed by atoms with van der Waals surface area (Å²) >= 11 is 0. The summed E-state index contributed by atoms with van der Waals surface area (Å²) in [5, 5.41) is 8.00. The van der Waals surface area contributed by atoms with Gasteiger partial charge in [0.05, 0.1) is 18.2 Å². The number of carbonyl (C=O) groups is 2. The molecule has 4 rings (SSSR count). The SMILES string of the molecule is CCn1nc(CC(C)(C)COC(=O)C2CCOCC2)c2c1C(=O)NCC1(CCOCC1)C2. The van der Waals surface area contributed by atoms with Crippen molar-refractivity contribution >= 4 is 11.9 Å². The van der Waals surface area contributed by atoms with Crippen molar-refractivity contribution in [2.24, 2.45) is 16.7 Å². The minimum absolute atomic E-state index is 0.0230. The summed E-state index contributed by atoms with van der Waals surface area (Å²) in [7, 11) is 0. The smallest absolute Gasteiger partial charge is 0.309 e. The number of hydrogen-bond donors (Lipinski definition) is 1. The van der Waals surface area contributed by atoms with Gasteiger partial charge < -0.3 is 19.5 Å². The molecule has 0 atom stereocenters. The molecule has 1 spiro atoms. The predicted octanol–water partition coefficient (Wildman–Crippen LogP) is 2.52. The van der Waals surface area contributed by atoms with Crippen LogP contribution >= 0.6 is 0 Å². The van der Waals surface area contributed by atoms with Crippen molar-refractivity contribution in [3.8, 4) is 0 Å². The van der Waals surface area contributed by atoms with Crippen LogP contribution in [0.15, 0.2) is 0 Å². The van der Waals surface area contributed by atoms with E-state index in [2.05, 4.69) is 19.2 Å². The molecular formula is C24H37N3O5. The Bertz CT molecular complexity index is 835. The summed E-state index contributed by atoms with van der Waals surface area (Å²) in [6.07, 6.45) is 4.83. The fourth-order valence-electron chi connectivity index (χ4n) is 5.13. The van der Waals surface area contributed by atoms with Crippen molar-refractivity contribution in [3.63, 3.8) is 0 Å². The fourth-order valence-corrected chi connectivity index (χ4v) is 5.13. The van der Waals surface area contributed by atoms with Gasteiger partial charge in [0.15, 0.2) is 0 Å². The Balaban J connectivity index is 1.51. The van der Waals surface area contributed by atoms with E-state index in [1.165, 1.54) is 0 Å². The van der Waals surface area contributed by atoms with Gasteiger partial charge >= 0.3 is 5.97 Å². The first kappa shape index (κ1) is 23.2. The molecule has 1 aromatic rings. The van der Waals surface area contributed by atoms with Crippen molar-refractivity contribution in [2.45, 2.75) is 65.8 Å². The van der Waals surface area contributed by atoms with E-state index in [-0.39, 0.29) is 28.6 Å². The number of fused-ring (bicyclic) bond motifs is 1. The molecule has 0 bridgehead atoms. The van der Waals surface area contributed by atoms with Gasteiger partial charge in [-0.05, 0) is 44.4 Å². The molecule has 0 unspecified atom stereocenters. The number of hydrogen-bond acceptors (Lipinski definition) is 6. The van der Waals surface area contributed by atoms with Crippen LogP contribution in [0.3, 0.4) is 0 Å². The Morgan fingerprint density at radius 2 is 1.91 bits per heavy atom. The third-order valence-corrected chi connectivity index (χ3v) is 7.18. The number of ether oxygens (including phenoxy) is 3. The van der Waals surface area contributed by atoms with Crippen molar-refractivity contribution in [1.29, 1.82) is 0 Å². The van der Waals surface area contributed by atoms with Crippen LogP contribution in [0.1, 0.15) is 68.2 Å². The van der Waals surface area contributed by atoms with E-state index < -0.39 is 0 Å². The largest absolute Gasteiger partial charge is 0.465 e. The predicted molar refractivity (Wildman–Crippen MR) is 118 cm³/mol. The molecule has 32 heavy (non-hydrogen) atoms. The molecule has 8 heteroatoms. The summed E-state index contributed by atoms with van der Waals surface area (Å²) in [6, 6.07) is 0. The van der Waals surface area contributed by atoms with Gasteiger partial charge in [-0.25, -0.2) is 0 Å². The van der Waals surface area contributed by atoms with E-state index >= 15 is 0 Å². The van der Waals surface area contributed by atoms with Crippen LogP contribution in [-0.2, 0) is 38.4 Å². The maximum Gasteiger partial charge on any atom is 0.309 e. The maximum absolute atomic E-state index is 13.0. The molecule has 0 aliphatic carbocycles. The molecule has 4 heterocycles. The minimum Gasteiger partial charge on any atom is -0.465 e. The van der Waals surface area contributed by atoms with Crippen LogP contribution in [-0.4, -0.2) is 61.2 Å². The molecule has 1 amide bonds. The van der Waals surface area contributed by atoms with Crippen LogP contribution in [0.2, 0.25) is 0 Å². The zero-order valence-electron chi connectivity index (χ0n) is 19.7. The molecule has 8 nitrogen and oxygen atoms in total. The normalized spacial score (nSPS) is 21.7. The highest BCUT2D eigenvalue weighted by Crippen LogP contribution is 2.39. The summed E-state index contributed by atoms with van der Waals surface area (Å²) < 4.78 is 18.5. The lowest BCUT2D eigenvalue weighted by atomic mass is 9.74. The molecule has 1 aromatic heterocycles. The zero-order valence-corrected chi connectivity index (χ0v) is 19.7. The Hall–Kier alpha value is -1.93. The highest BCUT2D eigenvalue weighted by Gasteiger charge is 2.40. The second kappa shape index (κ2) is 9.51. The van der Waals surface area contributed by atoms with Gasteiger partial charge in [0.25, 0.3) is 5.91 Å². The number of esters is 1. The average molecular weight is 448 g/mol. The lowest BCUT2D eigenvalue weighted by Crippen LogP contribution is -2.40. The molecule has 2 fully saturated rings. The van der Waals surface area contributed by atoms with Gasteiger partial charge in [-0.1, -0.05) is 13.8 Å². The van der Waals surface area contributed by atoms with Crippen LogP contribution < -0.4 is 5.32 Å². The third-order valence-electron chi connectivity index (χ3n) is 7.18. The lowest BCUT2D eigenvalue weighted by Gasteiger charge is -2.36. The van der Waals surface area contributed by atoms with E-state index in [9.17, 15) is 9.59 Å². The summed E-state index contributed by atoms with van der Waals surface area (Å²) in [5.41, 5.74) is 2.45. The molecule has 0 aromatic carbocycles. The zero-order chi connectivity index (χ0) is 22.8. The first-order valence-corrected chi connectivity index (χ1v) is 12.0. The number of nitrogens with zero attached hydrogens (tertiary/aromatic N) is 2. The Kier molecular flexibility index (Phi) is 6.91. The van der Waals surface area contributed by atoms with E-state index in [0.29, 0.717) is 45.0 Å². The van der Waals surface area contributed by atoms with Gasteiger partial charge in [0, 0.05) is 56.9 Å². The summed E-state index contributed by atoms with van der Waals surface area (Å²) in [6.45, 7) is 10.6. The van der Waals surface area contributed by atoms with E-state index in [1.54, 1.807) is 0 Å². The second-order valence-corrected chi connectivity index (χ2v) is 10.4. The number of amides is 1. The molecule has 2 saturated heterocycles. The lowest BCUT2D eigenvalue weighted by molar-refractivity contribution is -0.154. The van der Waals surface area contributed by atoms with Crippen molar-refractivity contribution in [1.82, 2.24) is 15.1 Å². The van der Waals surface area contributed by atoms with Gasteiger partial charge in [-0.15, -0.1) is 0 Å². The Morgan fingerprint density at radius 3 is 2.59 bits per heavy atom. The van der Waals surface area contributed by atoms with Gasteiger partial charge in [-0.2, -0.15) is 5.10 Å². The van der Waals surface area contributed by atoms with Gasteiger partial charge in [0.1, 0.15) is 5.69 Å². The molecule has 178 valence electrons. The van der Waals surface area contributed by atoms with Gasteiger partial charge in [-0.3, -0.25) is 14.3 Å². The number of rotatable bonds is 6. The molecule has 0 radical (unpaired) electrons. The van der Waals surface area contributed by atoms with Crippen LogP contribution in [0.5, 0.6) is 0 Å². The average Bonchev–Trinajstić information content (AvgIpc) is 3.06. The molecular weight excluding hydrogens is 410 g/mol. The standard InChI is InChI=1S/C24H37N3O5/c1-4-27-20-18(13-24(15-25-21(20)28)7-11-31-12-8-24)19(26-27)14-23(2,3)16-32-22(29)17-5-9-30-10-6-17/h17H,4-16H2,1-3H3,(H,25,28). The van der Waals surface area contributed by atoms with Crippen LogP contribution in [0, 0.1) is 16.7 Å². The number of aromatic nitrogens is 2. The van der Waals surface area contributed by atoms with Crippen molar-refractivity contribution in [2.75, 3.05) is 39.6 Å². The maximum atomic E-state index is 13.0. The van der Waals surface area contributed by atoms with Crippen LogP contribution in [0.25, 0.3) is 0 Å². The van der Waals surface area contributed by atoms with E-state index in [1.807, 2.05) is 11.6 Å². The molecule has 1 N–H and O–H groups in total. The molecule has 3 aliphatic heterocycles. The van der Waals surface area contributed by atoms with Crippen LogP contribution in [0.4, 0.5) is 0 Å². The number of carbonyl (C=O) groups excluding carboxylic acids is 2. The van der Waals surface area contributed by atoms with Crippen molar-refractivity contribution in [3.05, 3.63) is 17.0 Å². The van der Waals surface area contributed by atoms with Crippen molar-refractivity contribution < 1.29 is 23.8 Å². The monoisotopic (exact) mass is 447 g/mol. The first-order chi connectivity index (χ1) is 15.3. The van der Waals surface area contributed by atoms with E-state index in [0.717, 1.165) is 56.6 Å². The molecule has 3 aliphatic rings. The Morgan fingerprint density at radius 1 is 1.22 bits per heavy atom. The minimum atomic E-state index is -0.285. The Labute approximate surface area is 190 Å². The fraction of sp³-hybridized carbons (Fsp3) is 0.792. The van der Waals surface area contributed by atoms with Gasteiger partial charge in [0.2, 0.25) is 0 Å². The summed E-state index contributed by atoms with van der Waals surface area (Å²) in [5.74, 6) is -0.222. The third kappa shape index (κ3) is 5.01. The highest BCUT2D eigenvalue weighted by atomic mass is 16.5. The number of aryl methyl sites for hydroxylation is 1. The first-order valence-electron chi connectivity index (χ1n) is 12.0. The quantitative estimate of drug-likeness (QED) is 0.674. The molecule has 0 saturated carbocycles. The highest BCUT2D eigenvalue weighted by molar-refractivity contribution is 5.94. The topological polar surface area (TPSA) is 91.7 Å².